The average molecular weight is 222 g/mol. The van der Waals surface area contributed by atoms with E-state index in [9.17, 15) is 5.11 Å². The second-order valence-corrected chi connectivity index (χ2v) is 4.23. The first-order chi connectivity index (χ1) is 4.74. The molecule has 1 aromatic heterocycles. The summed E-state index contributed by atoms with van der Waals surface area (Å²) >= 11 is 4.85. The van der Waals surface area contributed by atoms with Gasteiger partial charge in [0, 0.05) is 6.54 Å². The molecule has 0 aromatic carbocycles. The number of halogens is 1. The summed E-state index contributed by atoms with van der Waals surface area (Å²) < 4.78 is 1.02. The van der Waals surface area contributed by atoms with Crippen molar-refractivity contribution in [2.75, 3.05) is 6.54 Å². The Balaban J connectivity index is 2.74. The molecular weight excluding hydrogens is 214 g/mol. The van der Waals surface area contributed by atoms with Crippen LogP contribution in [0.5, 0.6) is 0 Å². The van der Waals surface area contributed by atoms with Gasteiger partial charge in [-0.15, -0.1) is 11.3 Å². The fraction of sp³-hybridized carbons (Fsp3) is 0.333. The van der Waals surface area contributed by atoms with Crippen LogP contribution in [-0.4, -0.2) is 11.7 Å². The van der Waals surface area contributed by atoms with Crippen LogP contribution in [0.15, 0.2) is 15.2 Å². The van der Waals surface area contributed by atoms with E-state index in [1.165, 1.54) is 0 Å². The second-order valence-electron chi connectivity index (χ2n) is 1.94. The monoisotopic (exact) mass is 221 g/mol. The minimum Gasteiger partial charge on any atom is -0.387 e. The quantitative estimate of drug-likeness (QED) is 0.796. The Morgan fingerprint density at radius 2 is 2.50 bits per heavy atom. The molecule has 0 fully saturated rings. The Morgan fingerprint density at radius 3 is 2.90 bits per heavy atom. The summed E-state index contributed by atoms with van der Waals surface area (Å²) in [6.45, 7) is 0.281. The number of aliphatic hydroxyl groups is 1. The first-order valence-corrected chi connectivity index (χ1v) is 4.53. The van der Waals surface area contributed by atoms with Crippen LogP contribution in [-0.2, 0) is 0 Å². The number of hydrogen-bond acceptors (Lipinski definition) is 3. The van der Waals surface area contributed by atoms with E-state index in [1.807, 2.05) is 11.4 Å². The molecule has 1 heterocycles. The topological polar surface area (TPSA) is 46.2 Å². The molecule has 0 saturated heterocycles. The molecule has 0 amide bonds. The molecule has 0 bridgehead atoms. The molecule has 1 atom stereocenters. The second kappa shape index (κ2) is 3.48. The number of thiophene rings is 1. The number of rotatable bonds is 2. The van der Waals surface area contributed by atoms with E-state index in [0.717, 1.165) is 9.35 Å². The molecular formula is C6H8BrNOS. The van der Waals surface area contributed by atoms with E-state index in [1.54, 1.807) is 11.3 Å². The van der Waals surface area contributed by atoms with Gasteiger partial charge in [0.25, 0.3) is 0 Å². The number of hydrogen-bond donors (Lipinski definition) is 2. The molecule has 2 nitrogen and oxygen atoms in total. The normalized spacial score (nSPS) is 13.5. The lowest BCUT2D eigenvalue weighted by atomic mass is 10.2. The zero-order valence-electron chi connectivity index (χ0n) is 5.25. The molecule has 0 aliphatic rings. The molecule has 1 aromatic rings. The van der Waals surface area contributed by atoms with Crippen LogP contribution >= 0.6 is 27.3 Å². The summed E-state index contributed by atoms with van der Waals surface area (Å²) in [5, 5.41) is 11.1. The lowest BCUT2D eigenvalue weighted by Crippen LogP contribution is -2.10. The van der Waals surface area contributed by atoms with Crippen LogP contribution in [0.2, 0.25) is 0 Å². The van der Waals surface area contributed by atoms with Crippen LogP contribution in [0, 0.1) is 0 Å². The molecule has 3 N–H and O–H groups in total. The molecule has 0 spiro atoms. The summed E-state index contributed by atoms with van der Waals surface area (Å²) in [4.78, 5) is 0. The summed E-state index contributed by atoms with van der Waals surface area (Å²) in [5.74, 6) is 0. The van der Waals surface area contributed by atoms with E-state index in [2.05, 4.69) is 15.9 Å². The Bertz CT molecular complexity index is 213. The molecule has 10 heavy (non-hydrogen) atoms. The lowest BCUT2D eigenvalue weighted by molar-refractivity contribution is 0.187. The summed E-state index contributed by atoms with van der Waals surface area (Å²) in [6, 6.07) is 1.88. The van der Waals surface area contributed by atoms with Gasteiger partial charge in [0.2, 0.25) is 0 Å². The van der Waals surface area contributed by atoms with Gasteiger partial charge in [-0.25, -0.2) is 0 Å². The Hall–Kier alpha value is 0.100. The zero-order valence-corrected chi connectivity index (χ0v) is 7.65. The maximum Gasteiger partial charge on any atom is 0.0920 e. The Morgan fingerprint density at radius 1 is 1.80 bits per heavy atom. The van der Waals surface area contributed by atoms with E-state index in [-0.39, 0.29) is 6.54 Å². The number of aliphatic hydroxyl groups excluding tert-OH is 1. The third-order valence-electron chi connectivity index (χ3n) is 1.20. The van der Waals surface area contributed by atoms with Gasteiger partial charge in [-0.05, 0) is 32.9 Å². The van der Waals surface area contributed by atoms with Crippen LogP contribution in [0.1, 0.15) is 11.7 Å². The predicted molar refractivity (Wildman–Crippen MR) is 46.0 cm³/mol. The van der Waals surface area contributed by atoms with Crippen molar-refractivity contribution in [3.63, 3.8) is 0 Å². The van der Waals surface area contributed by atoms with Crippen LogP contribution in [0.4, 0.5) is 0 Å². The predicted octanol–water partition coefficient (Wildman–Crippen LogP) is 1.50. The van der Waals surface area contributed by atoms with Crippen molar-refractivity contribution < 1.29 is 5.11 Å². The highest BCUT2D eigenvalue weighted by atomic mass is 79.9. The van der Waals surface area contributed by atoms with E-state index < -0.39 is 6.10 Å². The highest BCUT2D eigenvalue weighted by Gasteiger charge is 2.05. The van der Waals surface area contributed by atoms with Crippen molar-refractivity contribution in [2.45, 2.75) is 6.10 Å². The molecule has 0 saturated carbocycles. The van der Waals surface area contributed by atoms with Crippen LogP contribution in [0.3, 0.4) is 0 Å². The van der Waals surface area contributed by atoms with Crippen LogP contribution in [0.25, 0.3) is 0 Å². The first kappa shape index (κ1) is 8.20. The standard InChI is InChI=1S/C6H8BrNOS/c7-6-1-4(3-10-6)5(9)2-8/h1,3,5,9H,2,8H2. The van der Waals surface area contributed by atoms with Crippen molar-refractivity contribution in [1.82, 2.24) is 0 Å². The smallest absolute Gasteiger partial charge is 0.0920 e. The zero-order chi connectivity index (χ0) is 7.56. The minimum absolute atomic E-state index is 0.281. The van der Waals surface area contributed by atoms with E-state index in [0.29, 0.717) is 0 Å². The maximum absolute atomic E-state index is 9.20. The third kappa shape index (κ3) is 1.79. The SMILES string of the molecule is NCC(O)c1csc(Br)c1. The fourth-order valence-electron chi connectivity index (χ4n) is 0.634. The largest absolute Gasteiger partial charge is 0.387 e. The van der Waals surface area contributed by atoms with Gasteiger partial charge >= 0.3 is 0 Å². The Kier molecular flexibility index (Phi) is 2.85. The third-order valence-corrected chi connectivity index (χ3v) is 2.72. The van der Waals surface area contributed by atoms with Crippen molar-refractivity contribution in [3.8, 4) is 0 Å². The fourth-order valence-corrected chi connectivity index (χ4v) is 1.86. The highest BCUT2D eigenvalue weighted by Crippen LogP contribution is 2.24. The molecule has 0 aliphatic heterocycles. The van der Waals surface area contributed by atoms with Crippen molar-refractivity contribution >= 4 is 27.3 Å². The van der Waals surface area contributed by atoms with Crippen molar-refractivity contribution in [2.24, 2.45) is 5.73 Å². The highest BCUT2D eigenvalue weighted by molar-refractivity contribution is 9.11. The summed E-state index contributed by atoms with van der Waals surface area (Å²) in [7, 11) is 0. The van der Waals surface area contributed by atoms with Crippen molar-refractivity contribution in [3.05, 3.63) is 20.8 Å². The summed E-state index contributed by atoms with van der Waals surface area (Å²) in [6.07, 6.45) is -0.512. The molecule has 0 radical (unpaired) electrons. The van der Waals surface area contributed by atoms with E-state index in [4.69, 9.17) is 5.73 Å². The van der Waals surface area contributed by atoms with Gasteiger partial charge in [0.15, 0.2) is 0 Å². The number of nitrogens with two attached hydrogens (primary N) is 1. The van der Waals surface area contributed by atoms with Crippen LogP contribution < -0.4 is 5.73 Å². The van der Waals surface area contributed by atoms with Gasteiger partial charge in [-0.3, -0.25) is 0 Å². The lowest BCUT2D eigenvalue weighted by Gasteiger charge is -2.02. The maximum atomic E-state index is 9.20. The minimum atomic E-state index is -0.512. The molecule has 1 rings (SSSR count). The van der Waals surface area contributed by atoms with E-state index >= 15 is 0 Å². The molecule has 56 valence electrons. The van der Waals surface area contributed by atoms with Gasteiger partial charge in [0.1, 0.15) is 0 Å². The molecule has 4 heteroatoms. The average Bonchev–Trinajstić information content (AvgIpc) is 2.34. The molecule has 1 unspecified atom stereocenters. The Labute approximate surface area is 71.8 Å². The van der Waals surface area contributed by atoms with Gasteiger partial charge in [-0.1, -0.05) is 0 Å². The summed E-state index contributed by atoms with van der Waals surface area (Å²) in [5.41, 5.74) is 6.14. The first-order valence-electron chi connectivity index (χ1n) is 2.86. The van der Waals surface area contributed by atoms with Gasteiger partial charge in [-0.2, -0.15) is 0 Å². The molecule has 0 aliphatic carbocycles. The van der Waals surface area contributed by atoms with Crippen molar-refractivity contribution in [1.29, 1.82) is 0 Å². The van der Waals surface area contributed by atoms with Gasteiger partial charge < -0.3 is 10.8 Å². The van der Waals surface area contributed by atoms with Gasteiger partial charge in [0.05, 0.1) is 9.89 Å².